The highest BCUT2D eigenvalue weighted by Gasteiger charge is 2.20. The van der Waals surface area contributed by atoms with E-state index in [-0.39, 0.29) is 16.7 Å². The van der Waals surface area contributed by atoms with Gasteiger partial charge in [0.1, 0.15) is 11.6 Å². The number of amides is 1. The third-order valence-electron chi connectivity index (χ3n) is 2.78. The number of benzene rings is 1. The maximum Gasteiger partial charge on any atom is 0.233 e. The monoisotopic (exact) mass is 273 g/mol. The van der Waals surface area contributed by atoms with Gasteiger partial charge in [-0.1, -0.05) is 6.92 Å². The molecule has 0 bridgehead atoms. The zero-order valence-electron chi connectivity index (χ0n) is 10.7. The minimum Gasteiger partial charge on any atom is -0.348 e. The van der Waals surface area contributed by atoms with E-state index in [0.29, 0.717) is 6.42 Å². The molecule has 2 atom stereocenters. The summed E-state index contributed by atoms with van der Waals surface area (Å²) >= 11 is 1.41. The quantitative estimate of drug-likeness (QED) is 0.892. The van der Waals surface area contributed by atoms with Gasteiger partial charge in [0.2, 0.25) is 5.91 Å². The predicted octanol–water partition coefficient (Wildman–Crippen LogP) is 3.28. The summed E-state index contributed by atoms with van der Waals surface area (Å²) in [6, 6.07) is 2.78. The fourth-order valence-corrected chi connectivity index (χ4v) is 1.86. The molecule has 0 spiro atoms. The van der Waals surface area contributed by atoms with Crippen LogP contribution in [0.2, 0.25) is 0 Å². The summed E-state index contributed by atoms with van der Waals surface area (Å²) in [4.78, 5) is 11.8. The number of hydrogen-bond donors (Lipinski definition) is 1. The Kier molecular flexibility index (Phi) is 5.59. The molecule has 0 aromatic heterocycles. The van der Waals surface area contributed by atoms with E-state index in [2.05, 4.69) is 5.32 Å². The molecule has 0 aliphatic carbocycles. The van der Waals surface area contributed by atoms with Crippen molar-refractivity contribution in [3.8, 4) is 0 Å². The van der Waals surface area contributed by atoms with Crippen LogP contribution in [0.15, 0.2) is 18.2 Å². The molecule has 0 saturated heterocycles. The Morgan fingerprint density at radius 2 is 2.11 bits per heavy atom. The molecule has 0 heterocycles. The highest BCUT2D eigenvalue weighted by Crippen LogP contribution is 2.22. The van der Waals surface area contributed by atoms with Crippen LogP contribution in [0.5, 0.6) is 0 Å². The van der Waals surface area contributed by atoms with Gasteiger partial charge in [-0.3, -0.25) is 4.79 Å². The Morgan fingerprint density at radius 1 is 1.44 bits per heavy atom. The van der Waals surface area contributed by atoms with Crippen molar-refractivity contribution in [2.24, 2.45) is 0 Å². The lowest BCUT2D eigenvalue weighted by Gasteiger charge is -2.20. The Morgan fingerprint density at radius 3 is 2.67 bits per heavy atom. The van der Waals surface area contributed by atoms with Gasteiger partial charge in [-0.2, -0.15) is 11.8 Å². The summed E-state index contributed by atoms with van der Waals surface area (Å²) in [6.07, 6.45) is 2.33. The second kappa shape index (κ2) is 6.73. The van der Waals surface area contributed by atoms with Crippen LogP contribution in [0.3, 0.4) is 0 Å². The third kappa shape index (κ3) is 3.70. The molecule has 1 N–H and O–H groups in total. The first-order chi connectivity index (χ1) is 8.49. The van der Waals surface area contributed by atoms with Gasteiger partial charge in [0.25, 0.3) is 0 Å². The maximum absolute atomic E-state index is 13.6. The van der Waals surface area contributed by atoms with Crippen LogP contribution >= 0.6 is 11.8 Å². The van der Waals surface area contributed by atoms with Crippen LogP contribution in [0.4, 0.5) is 8.78 Å². The van der Waals surface area contributed by atoms with Crippen LogP contribution in [0.25, 0.3) is 0 Å². The molecule has 1 aromatic rings. The molecule has 1 aromatic carbocycles. The van der Waals surface area contributed by atoms with E-state index in [9.17, 15) is 13.6 Å². The van der Waals surface area contributed by atoms with Crippen LogP contribution in [0.1, 0.15) is 31.9 Å². The highest BCUT2D eigenvalue weighted by molar-refractivity contribution is 7.99. The molecule has 0 aliphatic rings. The Bertz CT molecular complexity index is 425. The lowest BCUT2D eigenvalue weighted by molar-refractivity contribution is -0.121. The lowest BCUT2D eigenvalue weighted by Crippen LogP contribution is -2.34. The molecule has 0 saturated carbocycles. The summed E-state index contributed by atoms with van der Waals surface area (Å²) in [5.74, 6) is -1.17. The minimum absolute atomic E-state index is 0.169. The topological polar surface area (TPSA) is 29.1 Å². The molecule has 0 fully saturated rings. The summed E-state index contributed by atoms with van der Waals surface area (Å²) in [7, 11) is 0. The Hall–Kier alpha value is -1.10. The zero-order chi connectivity index (χ0) is 13.7. The number of thioether (sulfide) groups is 1. The molecular formula is C13H17F2NOS. The van der Waals surface area contributed by atoms with Crippen molar-refractivity contribution in [2.45, 2.75) is 31.6 Å². The average Bonchev–Trinajstić information content (AvgIpc) is 2.37. The summed E-state index contributed by atoms with van der Waals surface area (Å²) < 4.78 is 26.7. The number of carbonyl (C=O) groups is 1. The minimum atomic E-state index is -0.503. The predicted molar refractivity (Wildman–Crippen MR) is 70.5 cm³/mol. The summed E-state index contributed by atoms with van der Waals surface area (Å²) in [6.45, 7) is 3.59. The third-order valence-corrected chi connectivity index (χ3v) is 3.70. The molecule has 0 aliphatic heterocycles. The number of rotatable bonds is 5. The van der Waals surface area contributed by atoms with Crippen molar-refractivity contribution in [1.82, 2.24) is 5.32 Å². The molecule has 100 valence electrons. The number of halogens is 2. The van der Waals surface area contributed by atoms with Crippen molar-refractivity contribution >= 4 is 17.7 Å². The Labute approximate surface area is 110 Å². The van der Waals surface area contributed by atoms with Crippen LogP contribution in [0, 0.1) is 11.6 Å². The number of nitrogens with one attached hydrogen (secondary N) is 1. The van der Waals surface area contributed by atoms with E-state index < -0.39 is 17.7 Å². The highest BCUT2D eigenvalue weighted by atomic mass is 32.2. The van der Waals surface area contributed by atoms with Gasteiger partial charge in [-0.25, -0.2) is 8.78 Å². The fourth-order valence-electron chi connectivity index (χ4n) is 1.58. The first-order valence-electron chi connectivity index (χ1n) is 5.77. The van der Waals surface area contributed by atoms with E-state index in [0.717, 1.165) is 18.2 Å². The average molecular weight is 273 g/mol. The van der Waals surface area contributed by atoms with Gasteiger partial charge in [0.15, 0.2) is 0 Å². The van der Waals surface area contributed by atoms with E-state index in [4.69, 9.17) is 0 Å². The second-order valence-electron chi connectivity index (χ2n) is 4.01. The lowest BCUT2D eigenvalue weighted by atomic mass is 10.0. The zero-order valence-corrected chi connectivity index (χ0v) is 11.5. The maximum atomic E-state index is 13.6. The van der Waals surface area contributed by atoms with E-state index in [1.165, 1.54) is 11.8 Å². The molecule has 1 rings (SSSR count). The van der Waals surface area contributed by atoms with Gasteiger partial charge in [0.05, 0.1) is 11.3 Å². The normalized spacial score (nSPS) is 14.1. The molecule has 5 heteroatoms. The molecule has 0 unspecified atom stereocenters. The van der Waals surface area contributed by atoms with Crippen LogP contribution < -0.4 is 5.32 Å². The molecular weight excluding hydrogens is 256 g/mol. The first kappa shape index (κ1) is 15.0. The Balaban J connectivity index is 2.89. The van der Waals surface area contributed by atoms with Gasteiger partial charge in [-0.15, -0.1) is 0 Å². The standard InChI is InChI=1S/C13H17F2NOS/c1-4-12(16-13(17)8(2)18-3)10-7-9(14)5-6-11(10)15/h5-8,12H,4H2,1-3H3,(H,16,17)/t8-,12+/m0/s1. The van der Waals surface area contributed by atoms with Crippen molar-refractivity contribution in [1.29, 1.82) is 0 Å². The summed E-state index contributed by atoms with van der Waals surface area (Å²) in [5, 5.41) is 2.52. The van der Waals surface area contributed by atoms with Crippen molar-refractivity contribution in [3.63, 3.8) is 0 Å². The van der Waals surface area contributed by atoms with Crippen LogP contribution in [-0.2, 0) is 4.79 Å². The molecule has 18 heavy (non-hydrogen) atoms. The van der Waals surface area contributed by atoms with E-state index in [1.54, 1.807) is 6.92 Å². The molecule has 0 radical (unpaired) electrons. The first-order valence-corrected chi connectivity index (χ1v) is 7.06. The second-order valence-corrected chi connectivity index (χ2v) is 5.19. The van der Waals surface area contributed by atoms with Crippen molar-refractivity contribution in [2.75, 3.05) is 6.26 Å². The van der Waals surface area contributed by atoms with E-state index in [1.807, 2.05) is 13.2 Å². The van der Waals surface area contributed by atoms with Gasteiger partial charge in [0, 0.05) is 5.56 Å². The van der Waals surface area contributed by atoms with Gasteiger partial charge >= 0.3 is 0 Å². The smallest absolute Gasteiger partial charge is 0.233 e. The van der Waals surface area contributed by atoms with Crippen molar-refractivity contribution < 1.29 is 13.6 Å². The molecule has 1 amide bonds. The van der Waals surface area contributed by atoms with Gasteiger partial charge < -0.3 is 5.32 Å². The molecule has 2 nitrogen and oxygen atoms in total. The van der Waals surface area contributed by atoms with Gasteiger partial charge in [-0.05, 0) is 37.8 Å². The SMILES string of the molecule is CC[C@@H](NC(=O)[C@H](C)SC)c1cc(F)ccc1F. The van der Waals surface area contributed by atoms with Crippen molar-refractivity contribution in [3.05, 3.63) is 35.4 Å². The summed E-state index contributed by atoms with van der Waals surface area (Å²) in [5.41, 5.74) is 0.194. The fraction of sp³-hybridized carbons (Fsp3) is 0.462. The number of carbonyl (C=O) groups excluding carboxylic acids is 1. The largest absolute Gasteiger partial charge is 0.348 e. The number of hydrogen-bond acceptors (Lipinski definition) is 2. The van der Waals surface area contributed by atoms with E-state index >= 15 is 0 Å². The van der Waals surface area contributed by atoms with Crippen LogP contribution in [-0.4, -0.2) is 17.4 Å².